The van der Waals surface area contributed by atoms with Crippen molar-refractivity contribution in [2.75, 3.05) is 37.9 Å². The maximum absolute atomic E-state index is 6.13. The molecule has 0 atom stereocenters. The molecule has 6 heteroatoms. The summed E-state index contributed by atoms with van der Waals surface area (Å²) in [6.45, 7) is 10.4. The predicted molar refractivity (Wildman–Crippen MR) is 90.3 cm³/mol. The Morgan fingerprint density at radius 1 is 1.09 bits per heavy atom. The molecule has 0 unspecified atom stereocenters. The van der Waals surface area contributed by atoms with Crippen LogP contribution in [0.3, 0.4) is 0 Å². The summed E-state index contributed by atoms with van der Waals surface area (Å²) in [7, 11) is 1.63. The van der Waals surface area contributed by atoms with Crippen LogP contribution in [0.2, 0.25) is 0 Å². The Kier molecular flexibility index (Phi) is 7.95. The first-order valence-electron chi connectivity index (χ1n) is 7.96. The quantitative estimate of drug-likeness (QED) is 0.647. The number of nitrogens with one attached hydrogen (secondary N) is 1. The number of nitrogens with zero attached hydrogens (tertiary/aromatic N) is 2. The van der Waals surface area contributed by atoms with Gasteiger partial charge in [0.05, 0.1) is 6.61 Å². The average Bonchev–Trinajstić information content (AvgIpc) is 2.42. The third-order valence-corrected chi connectivity index (χ3v) is 3.09. The van der Waals surface area contributed by atoms with Crippen molar-refractivity contribution >= 4 is 11.5 Å². The molecular formula is C16H30N4O2. The summed E-state index contributed by atoms with van der Waals surface area (Å²) in [5.74, 6) is 2.96. The molecule has 0 saturated heterocycles. The number of aromatic nitrogens is 2. The van der Waals surface area contributed by atoms with Gasteiger partial charge in [-0.2, -0.15) is 4.98 Å². The van der Waals surface area contributed by atoms with Crippen molar-refractivity contribution in [3.8, 4) is 5.88 Å². The van der Waals surface area contributed by atoms with Gasteiger partial charge in [0.15, 0.2) is 5.82 Å². The zero-order chi connectivity index (χ0) is 16.5. The Morgan fingerprint density at radius 2 is 1.82 bits per heavy atom. The predicted octanol–water partition coefficient (Wildman–Crippen LogP) is 2.74. The Bertz CT molecular complexity index is 450. The van der Waals surface area contributed by atoms with Gasteiger partial charge in [-0.3, -0.25) is 0 Å². The fraction of sp³-hybridized carbons (Fsp3) is 0.750. The van der Waals surface area contributed by atoms with Crippen LogP contribution >= 0.6 is 0 Å². The molecule has 0 fully saturated rings. The first kappa shape index (κ1) is 18.5. The summed E-state index contributed by atoms with van der Waals surface area (Å²) >= 11 is 0. The van der Waals surface area contributed by atoms with E-state index in [1.807, 2.05) is 0 Å². The van der Waals surface area contributed by atoms with Gasteiger partial charge < -0.3 is 20.5 Å². The van der Waals surface area contributed by atoms with E-state index in [4.69, 9.17) is 15.2 Å². The van der Waals surface area contributed by atoms with Gasteiger partial charge in [-0.15, -0.1) is 0 Å². The molecule has 1 aromatic heterocycles. The summed E-state index contributed by atoms with van der Waals surface area (Å²) in [5, 5.41) is 3.30. The molecule has 3 N–H and O–H groups in total. The normalized spacial score (nSPS) is 11.2. The lowest BCUT2D eigenvalue weighted by Gasteiger charge is -2.15. The average molecular weight is 310 g/mol. The van der Waals surface area contributed by atoms with E-state index < -0.39 is 0 Å². The SMILES string of the molecule is COCCOc1nc(CC(C)C)nc(NCCC(C)C)c1N. The summed E-state index contributed by atoms with van der Waals surface area (Å²) in [6.07, 6.45) is 1.85. The van der Waals surface area contributed by atoms with Crippen LogP contribution in [0, 0.1) is 11.8 Å². The number of rotatable bonds is 10. The second-order valence-corrected chi connectivity index (χ2v) is 6.26. The van der Waals surface area contributed by atoms with Crippen molar-refractivity contribution in [1.29, 1.82) is 0 Å². The molecule has 1 heterocycles. The second-order valence-electron chi connectivity index (χ2n) is 6.26. The number of nitrogens with two attached hydrogens (primary N) is 1. The maximum Gasteiger partial charge on any atom is 0.242 e. The van der Waals surface area contributed by atoms with E-state index in [-0.39, 0.29) is 0 Å². The lowest BCUT2D eigenvalue weighted by Crippen LogP contribution is -2.15. The van der Waals surface area contributed by atoms with Gasteiger partial charge in [0.25, 0.3) is 0 Å². The molecule has 0 amide bonds. The second kappa shape index (κ2) is 9.46. The van der Waals surface area contributed by atoms with E-state index in [2.05, 4.69) is 43.0 Å². The molecule has 0 bridgehead atoms. The van der Waals surface area contributed by atoms with Gasteiger partial charge in [-0.05, 0) is 18.3 Å². The minimum Gasteiger partial charge on any atom is -0.474 e. The number of hydrogen-bond acceptors (Lipinski definition) is 6. The van der Waals surface area contributed by atoms with Crippen LogP contribution in [0.4, 0.5) is 11.5 Å². The topological polar surface area (TPSA) is 82.3 Å². The van der Waals surface area contributed by atoms with E-state index >= 15 is 0 Å². The van der Waals surface area contributed by atoms with Gasteiger partial charge in [-0.25, -0.2) is 4.98 Å². The number of hydrogen-bond donors (Lipinski definition) is 2. The maximum atomic E-state index is 6.13. The van der Waals surface area contributed by atoms with Crippen molar-refractivity contribution < 1.29 is 9.47 Å². The van der Waals surface area contributed by atoms with Gasteiger partial charge in [0.2, 0.25) is 5.88 Å². The summed E-state index contributed by atoms with van der Waals surface area (Å²) in [4.78, 5) is 8.97. The van der Waals surface area contributed by atoms with Crippen molar-refractivity contribution in [2.24, 2.45) is 11.8 Å². The van der Waals surface area contributed by atoms with Crippen molar-refractivity contribution in [3.63, 3.8) is 0 Å². The molecule has 0 radical (unpaired) electrons. The first-order valence-corrected chi connectivity index (χ1v) is 7.96. The van der Waals surface area contributed by atoms with Crippen LogP contribution in [0.15, 0.2) is 0 Å². The highest BCUT2D eigenvalue weighted by molar-refractivity contribution is 5.66. The summed E-state index contributed by atoms with van der Waals surface area (Å²) < 4.78 is 10.6. The van der Waals surface area contributed by atoms with Crippen LogP contribution in [0.25, 0.3) is 0 Å². The molecule has 0 aliphatic heterocycles. The summed E-state index contributed by atoms with van der Waals surface area (Å²) in [5.41, 5.74) is 6.59. The molecule has 22 heavy (non-hydrogen) atoms. The van der Waals surface area contributed by atoms with E-state index in [9.17, 15) is 0 Å². The minimum absolute atomic E-state index is 0.421. The van der Waals surface area contributed by atoms with Crippen molar-refractivity contribution in [2.45, 2.75) is 40.5 Å². The zero-order valence-corrected chi connectivity index (χ0v) is 14.5. The first-order chi connectivity index (χ1) is 10.4. The lowest BCUT2D eigenvalue weighted by atomic mass is 10.1. The lowest BCUT2D eigenvalue weighted by molar-refractivity contribution is 0.144. The summed E-state index contributed by atoms with van der Waals surface area (Å²) in [6, 6.07) is 0. The smallest absolute Gasteiger partial charge is 0.242 e. The molecule has 0 aromatic carbocycles. The molecule has 0 saturated carbocycles. The van der Waals surface area contributed by atoms with Crippen LogP contribution in [0.1, 0.15) is 39.9 Å². The molecule has 6 nitrogen and oxygen atoms in total. The Hall–Kier alpha value is -1.56. The molecule has 1 rings (SSSR count). The standard InChI is InChI=1S/C16H30N4O2/c1-11(2)6-7-18-15-14(17)16(22-9-8-21-5)20-13(19-15)10-12(3)4/h11-12H,6-10,17H2,1-5H3,(H,18,19,20). The Balaban J connectivity index is 2.88. The van der Waals surface area contributed by atoms with Gasteiger partial charge in [0, 0.05) is 20.1 Å². The van der Waals surface area contributed by atoms with E-state index in [1.165, 1.54) is 0 Å². The van der Waals surface area contributed by atoms with Crippen LogP contribution in [0.5, 0.6) is 5.88 Å². The van der Waals surface area contributed by atoms with Crippen LogP contribution in [-0.2, 0) is 11.2 Å². The van der Waals surface area contributed by atoms with Gasteiger partial charge in [0.1, 0.15) is 18.1 Å². The highest BCUT2D eigenvalue weighted by Gasteiger charge is 2.14. The molecule has 0 spiro atoms. The fourth-order valence-electron chi connectivity index (χ4n) is 1.90. The third-order valence-electron chi connectivity index (χ3n) is 3.09. The van der Waals surface area contributed by atoms with Crippen LogP contribution in [-0.4, -0.2) is 36.8 Å². The van der Waals surface area contributed by atoms with E-state index in [0.717, 1.165) is 25.2 Å². The molecule has 1 aromatic rings. The fourth-order valence-corrected chi connectivity index (χ4v) is 1.90. The van der Waals surface area contributed by atoms with Crippen molar-refractivity contribution in [3.05, 3.63) is 5.82 Å². The number of anilines is 2. The molecular weight excluding hydrogens is 280 g/mol. The zero-order valence-electron chi connectivity index (χ0n) is 14.5. The Labute approximate surface area is 133 Å². The minimum atomic E-state index is 0.421. The van der Waals surface area contributed by atoms with Crippen LogP contribution < -0.4 is 15.8 Å². The van der Waals surface area contributed by atoms with E-state index in [1.54, 1.807) is 7.11 Å². The number of methoxy groups -OCH3 is 1. The van der Waals surface area contributed by atoms with E-state index in [0.29, 0.717) is 42.4 Å². The molecule has 0 aliphatic rings. The largest absolute Gasteiger partial charge is 0.474 e. The molecule has 126 valence electrons. The number of ether oxygens (including phenoxy) is 2. The Morgan fingerprint density at radius 3 is 2.41 bits per heavy atom. The van der Waals surface area contributed by atoms with Gasteiger partial charge in [-0.1, -0.05) is 27.7 Å². The highest BCUT2D eigenvalue weighted by atomic mass is 16.5. The third kappa shape index (κ3) is 6.47. The number of nitrogen functional groups attached to an aromatic ring is 1. The monoisotopic (exact) mass is 310 g/mol. The van der Waals surface area contributed by atoms with Crippen molar-refractivity contribution in [1.82, 2.24) is 9.97 Å². The van der Waals surface area contributed by atoms with Gasteiger partial charge >= 0.3 is 0 Å². The highest BCUT2D eigenvalue weighted by Crippen LogP contribution is 2.27. The molecule has 0 aliphatic carbocycles.